The van der Waals surface area contributed by atoms with E-state index < -0.39 is 19.3 Å². The Morgan fingerprint density at radius 2 is 0.812 bits per heavy atom. The summed E-state index contributed by atoms with van der Waals surface area (Å²) >= 11 is 0. The Kier molecular flexibility index (Phi) is 22.6. The van der Waals surface area contributed by atoms with Gasteiger partial charge in [0.2, 0.25) is 23.6 Å². The van der Waals surface area contributed by atoms with E-state index in [0.717, 1.165) is 9.57 Å². The number of nitrogens with zero attached hydrogens (tertiary/aromatic N) is 4. The molecule has 0 aromatic carbocycles. The molecule has 0 saturated carbocycles. The molecule has 14 nitrogen and oxygen atoms in total. The summed E-state index contributed by atoms with van der Waals surface area (Å²) in [5.74, 6) is -2.14. The van der Waals surface area contributed by atoms with Crippen molar-refractivity contribution < 1.29 is 47.8 Å². The van der Waals surface area contributed by atoms with Crippen LogP contribution < -0.4 is 0 Å². The molecule has 0 bridgehead atoms. The van der Waals surface area contributed by atoms with Crippen LogP contribution in [0.15, 0.2) is 0 Å². The Balaban J connectivity index is 6.03. The van der Waals surface area contributed by atoms with Gasteiger partial charge in [-0.05, 0) is 47.0 Å². The van der Waals surface area contributed by atoms with Crippen molar-refractivity contribution in [2.24, 2.45) is 0 Å². The van der Waals surface area contributed by atoms with Crippen molar-refractivity contribution in [2.45, 2.75) is 112 Å². The lowest BCUT2D eigenvalue weighted by Gasteiger charge is -2.30. The van der Waals surface area contributed by atoms with Crippen LogP contribution in [-0.2, 0) is 42.9 Å². The van der Waals surface area contributed by atoms with Crippen molar-refractivity contribution >= 4 is 54.3 Å². The van der Waals surface area contributed by atoms with Crippen LogP contribution in [0.25, 0.3) is 0 Å². The summed E-state index contributed by atoms with van der Waals surface area (Å²) in [6.07, 6.45) is 0.968. The topological polar surface area (TPSA) is 187 Å². The number of carbonyl (C=O) groups is 8. The van der Waals surface area contributed by atoms with Crippen LogP contribution in [0.1, 0.15) is 112 Å². The molecule has 274 valence electrons. The lowest BCUT2D eigenvalue weighted by Crippen LogP contribution is -2.39. The lowest BCUT2D eigenvalue weighted by molar-refractivity contribution is -0.145. The monoisotopic (exact) mass is 700 g/mol. The second kappa shape index (κ2) is 24.1. The van der Waals surface area contributed by atoms with Gasteiger partial charge in [-0.1, -0.05) is 13.8 Å². The van der Waals surface area contributed by atoms with Gasteiger partial charge >= 0.3 is 0 Å². The predicted molar refractivity (Wildman–Crippen MR) is 181 cm³/mol. The highest BCUT2D eigenvalue weighted by atomic mass is 31.2. The summed E-state index contributed by atoms with van der Waals surface area (Å²) in [5.41, 5.74) is 0. The minimum absolute atomic E-state index is 0.0176. The van der Waals surface area contributed by atoms with Crippen LogP contribution in [0, 0.1) is 0 Å². The molecule has 1 unspecified atom stereocenters. The fraction of sp³-hybridized carbons (Fsp3) is 0.758. The molecule has 0 saturated heterocycles. The van der Waals surface area contributed by atoms with Gasteiger partial charge in [0.15, 0.2) is 0 Å². The highest BCUT2D eigenvalue weighted by molar-refractivity contribution is 7.55. The fourth-order valence-electron chi connectivity index (χ4n) is 4.74. The van der Waals surface area contributed by atoms with Crippen molar-refractivity contribution in [3.8, 4) is 0 Å². The smallest absolute Gasteiger partial charge is 0.269 e. The summed E-state index contributed by atoms with van der Waals surface area (Å²) in [6, 6.07) is 0. The van der Waals surface area contributed by atoms with E-state index in [4.69, 9.17) is 0 Å². The first-order chi connectivity index (χ1) is 22.4. The zero-order valence-corrected chi connectivity index (χ0v) is 30.7. The zero-order chi connectivity index (χ0) is 36.9. The summed E-state index contributed by atoms with van der Waals surface area (Å²) in [5, 5.41) is 0. The fourth-order valence-corrected chi connectivity index (χ4v) is 6.41. The number of rotatable bonds is 27. The molecular formula is C33H57N4O10P. The molecule has 0 aliphatic carbocycles. The molecule has 0 fully saturated rings. The van der Waals surface area contributed by atoms with Crippen molar-refractivity contribution in [1.82, 2.24) is 19.4 Å². The Hall–Kier alpha value is -3.09. The molecule has 0 heterocycles. The van der Waals surface area contributed by atoms with Crippen LogP contribution in [0.4, 0.5) is 0 Å². The van der Waals surface area contributed by atoms with Crippen LogP contribution in [-0.4, -0.2) is 123 Å². The highest BCUT2D eigenvalue weighted by Gasteiger charge is 2.31. The molecule has 0 radical (unpaired) electrons. The van der Waals surface area contributed by atoms with Gasteiger partial charge in [-0.2, -0.15) is 0 Å². The van der Waals surface area contributed by atoms with Crippen LogP contribution in [0.3, 0.4) is 0 Å². The summed E-state index contributed by atoms with van der Waals surface area (Å²) in [7, 11) is -4.22. The third-order valence-electron chi connectivity index (χ3n) is 7.61. The SMILES string of the molecule is CCCC(=O)N(CCCP(=O)(O)N(CCC(=O)N(CCC(C)=O)CCC(C)=O)CCC(=O)N(CCC(C)=O)CCC(C)=O)C(=O)CCC. The van der Waals surface area contributed by atoms with Gasteiger partial charge < -0.3 is 14.7 Å². The summed E-state index contributed by atoms with van der Waals surface area (Å²) in [6.45, 7) is 9.03. The normalized spacial score (nSPS) is 12.2. The molecule has 1 atom stereocenters. The largest absolute Gasteiger partial charge is 0.342 e. The van der Waals surface area contributed by atoms with Gasteiger partial charge in [-0.3, -0.25) is 47.8 Å². The molecule has 15 heteroatoms. The van der Waals surface area contributed by atoms with Crippen molar-refractivity contribution in [3.05, 3.63) is 0 Å². The maximum Gasteiger partial charge on any atom is 0.269 e. The standard InChI is InChI=1S/C33H57N4O10P/c1-7-10-32(44)37(33(45)11-8-2)18-9-25-48(46,47)36(23-16-30(42)34(19-12-26(3)38)20-13-27(4)39)24-17-31(43)35(21-14-28(5)40)22-15-29(6)41/h7-25H2,1-6H3,(H,46,47). The Bertz CT molecular complexity index is 1070. The molecule has 4 amide bonds. The third kappa shape index (κ3) is 19.7. The molecule has 0 aliphatic rings. The van der Waals surface area contributed by atoms with E-state index in [1.54, 1.807) is 0 Å². The average molecular weight is 701 g/mol. The first-order valence-electron chi connectivity index (χ1n) is 16.9. The highest BCUT2D eigenvalue weighted by Crippen LogP contribution is 2.46. The van der Waals surface area contributed by atoms with Gasteiger partial charge in [0.25, 0.3) is 7.52 Å². The van der Waals surface area contributed by atoms with Crippen molar-refractivity contribution in [2.75, 3.05) is 52.0 Å². The van der Waals surface area contributed by atoms with Crippen LogP contribution >= 0.6 is 7.52 Å². The van der Waals surface area contributed by atoms with Crippen LogP contribution in [0.2, 0.25) is 0 Å². The first kappa shape index (κ1) is 44.9. The van der Waals surface area contributed by atoms with E-state index in [1.807, 2.05) is 13.8 Å². The zero-order valence-electron chi connectivity index (χ0n) is 29.8. The minimum atomic E-state index is -4.22. The van der Waals surface area contributed by atoms with Gasteiger partial charge in [0.05, 0.1) is 0 Å². The molecule has 0 aromatic rings. The second-order valence-corrected chi connectivity index (χ2v) is 14.5. The molecule has 1 N–H and O–H groups in total. The number of carbonyl (C=O) groups excluding carboxylic acids is 8. The quantitative estimate of drug-likeness (QED) is 0.124. The summed E-state index contributed by atoms with van der Waals surface area (Å²) < 4.78 is 14.9. The van der Waals surface area contributed by atoms with E-state index in [0.29, 0.717) is 12.8 Å². The third-order valence-corrected chi connectivity index (χ3v) is 9.79. The molecule has 48 heavy (non-hydrogen) atoms. The molecule has 0 spiro atoms. The maximum absolute atomic E-state index is 13.8. The van der Waals surface area contributed by atoms with Crippen molar-refractivity contribution in [1.29, 1.82) is 0 Å². The predicted octanol–water partition coefficient (Wildman–Crippen LogP) is 3.17. The number of hydrogen-bond donors (Lipinski definition) is 1. The van der Waals surface area contributed by atoms with Crippen molar-refractivity contribution in [3.63, 3.8) is 0 Å². The Labute approximate surface area is 285 Å². The van der Waals surface area contributed by atoms with Gasteiger partial charge in [0.1, 0.15) is 23.1 Å². The van der Waals surface area contributed by atoms with E-state index in [9.17, 15) is 47.8 Å². The number of amides is 4. The van der Waals surface area contributed by atoms with E-state index >= 15 is 0 Å². The summed E-state index contributed by atoms with van der Waals surface area (Å²) in [4.78, 5) is 113. The lowest BCUT2D eigenvalue weighted by atomic mass is 10.2. The van der Waals surface area contributed by atoms with Crippen LogP contribution in [0.5, 0.6) is 0 Å². The molecule has 0 aromatic heterocycles. The number of Topliss-reactive ketones (excluding diaryl/α,β-unsaturated/α-hetero) is 4. The Morgan fingerprint density at radius 3 is 1.10 bits per heavy atom. The number of ketones is 4. The molecule has 0 rings (SSSR count). The minimum Gasteiger partial charge on any atom is -0.342 e. The van der Waals surface area contributed by atoms with E-state index in [1.165, 1.54) is 37.5 Å². The average Bonchev–Trinajstić information content (AvgIpc) is 2.98. The molecule has 0 aliphatic heterocycles. The second-order valence-electron chi connectivity index (χ2n) is 12.2. The van der Waals surface area contributed by atoms with E-state index in [-0.39, 0.29) is 145 Å². The van der Waals surface area contributed by atoms with Gasteiger partial charge in [0, 0.05) is 103 Å². The first-order valence-corrected chi connectivity index (χ1v) is 18.7. The van der Waals surface area contributed by atoms with E-state index in [2.05, 4.69) is 0 Å². The maximum atomic E-state index is 13.8. The Morgan fingerprint density at radius 1 is 0.479 bits per heavy atom. The molecular weight excluding hydrogens is 643 g/mol. The number of imide groups is 1. The number of hydrogen-bond acceptors (Lipinski definition) is 9. The van der Waals surface area contributed by atoms with Gasteiger partial charge in [-0.25, -0.2) is 4.67 Å². The van der Waals surface area contributed by atoms with Gasteiger partial charge in [-0.15, -0.1) is 0 Å².